The van der Waals surface area contributed by atoms with Crippen LogP contribution in [0, 0.1) is 11.8 Å². The van der Waals surface area contributed by atoms with Gasteiger partial charge in [0, 0.05) is 11.8 Å². The molecule has 4 unspecified atom stereocenters. The Hall–Kier alpha value is -7.26. The summed E-state index contributed by atoms with van der Waals surface area (Å²) in [5.41, 5.74) is 3.24. The number of carbonyl (C=O) groups is 5. The van der Waals surface area contributed by atoms with Crippen LogP contribution in [-0.4, -0.2) is 49.6 Å². The average molecular weight is 850 g/mol. The van der Waals surface area contributed by atoms with Gasteiger partial charge in [-0.3, -0.25) is 9.59 Å². The van der Waals surface area contributed by atoms with Crippen molar-refractivity contribution in [3.05, 3.63) is 149 Å². The third kappa shape index (κ3) is 9.31. The summed E-state index contributed by atoms with van der Waals surface area (Å²) in [5.74, 6) is -4.63. The Kier molecular flexibility index (Phi) is 12.2. The van der Waals surface area contributed by atoms with Gasteiger partial charge in [-0.15, -0.1) is 11.6 Å². The quantitative estimate of drug-likeness (QED) is 0.0554. The molecule has 1 amide bonds. The first-order chi connectivity index (χ1) is 29.7. The van der Waals surface area contributed by atoms with Gasteiger partial charge >= 0.3 is 24.4 Å². The van der Waals surface area contributed by atoms with E-state index in [2.05, 4.69) is 5.32 Å². The number of ether oxygens (including phenoxy) is 9. The standard InChI is InChI=1S/C45H36ClNO14/c46-20-37(48)47-40-31-19-34-33(57-25-58-34)18-30(31)38(39-32(40)24-53-42(39)49)29-16-35(59-43(50)54-21-26-10-4-1-5-11-26)41(61-45(52)56-23-28-14-8-3-9-15-28)36(17-29)60-44(51)55-22-27-12-6-2-7-13-27/h1-19,32,38-40H,20-25H2,(H,47,48). The van der Waals surface area contributed by atoms with Gasteiger partial charge in [-0.2, -0.15) is 0 Å². The predicted molar refractivity (Wildman–Crippen MR) is 212 cm³/mol. The topological polar surface area (TPSA) is 180 Å². The highest BCUT2D eigenvalue weighted by atomic mass is 35.5. The molecule has 1 saturated heterocycles. The second-order valence-electron chi connectivity index (χ2n) is 14.0. The average Bonchev–Trinajstić information content (AvgIpc) is 3.91. The number of esters is 1. The maximum Gasteiger partial charge on any atom is 0.514 e. The molecular weight excluding hydrogens is 814 g/mol. The van der Waals surface area contributed by atoms with Crippen LogP contribution in [0.3, 0.4) is 0 Å². The van der Waals surface area contributed by atoms with Gasteiger partial charge in [0.15, 0.2) is 23.0 Å². The number of hydrogen-bond donors (Lipinski definition) is 1. The number of cyclic esters (lactones) is 1. The second kappa shape index (κ2) is 18.3. The first kappa shape index (κ1) is 40.5. The Morgan fingerprint density at radius 2 is 1.10 bits per heavy atom. The van der Waals surface area contributed by atoms with E-state index < -0.39 is 71.4 Å². The van der Waals surface area contributed by atoms with Crippen LogP contribution in [0.25, 0.3) is 0 Å². The first-order valence-electron chi connectivity index (χ1n) is 19.0. The lowest BCUT2D eigenvalue weighted by Crippen LogP contribution is -2.43. The number of carbonyl (C=O) groups excluding carboxylic acids is 5. The molecule has 2 heterocycles. The van der Waals surface area contributed by atoms with Gasteiger partial charge < -0.3 is 47.9 Å². The first-order valence-corrected chi connectivity index (χ1v) is 19.6. The Balaban J connectivity index is 1.23. The van der Waals surface area contributed by atoms with Crippen molar-refractivity contribution in [3.63, 3.8) is 0 Å². The Morgan fingerprint density at radius 1 is 0.623 bits per heavy atom. The molecule has 61 heavy (non-hydrogen) atoms. The van der Waals surface area contributed by atoms with E-state index in [9.17, 15) is 24.0 Å². The maximum atomic E-state index is 13.8. The number of halogens is 1. The van der Waals surface area contributed by atoms with Crippen molar-refractivity contribution in [1.29, 1.82) is 0 Å². The number of amides is 1. The van der Waals surface area contributed by atoms with Crippen LogP contribution in [0.5, 0.6) is 28.7 Å². The molecule has 4 atom stereocenters. The molecule has 16 heteroatoms. The van der Waals surface area contributed by atoms with E-state index in [0.717, 1.165) is 0 Å². The normalized spacial score (nSPS) is 18.1. The maximum absolute atomic E-state index is 13.8. The summed E-state index contributed by atoms with van der Waals surface area (Å²) < 4.78 is 50.4. The number of alkyl halides is 1. The highest BCUT2D eigenvalue weighted by molar-refractivity contribution is 6.27. The summed E-state index contributed by atoms with van der Waals surface area (Å²) in [7, 11) is 0. The Morgan fingerprint density at radius 3 is 1.59 bits per heavy atom. The molecule has 1 aliphatic carbocycles. The van der Waals surface area contributed by atoms with Crippen LogP contribution < -0.4 is 29.0 Å². The fourth-order valence-electron chi connectivity index (χ4n) is 7.49. The molecule has 0 saturated carbocycles. The number of fused-ring (bicyclic) bond motifs is 3. The molecule has 312 valence electrons. The van der Waals surface area contributed by atoms with Crippen molar-refractivity contribution in [1.82, 2.24) is 5.32 Å². The van der Waals surface area contributed by atoms with Crippen molar-refractivity contribution >= 4 is 41.9 Å². The summed E-state index contributed by atoms with van der Waals surface area (Å²) in [5, 5.41) is 2.92. The third-order valence-electron chi connectivity index (χ3n) is 10.2. The van der Waals surface area contributed by atoms with Crippen molar-refractivity contribution in [3.8, 4) is 28.7 Å². The number of benzene rings is 5. The summed E-state index contributed by atoms with van der Waals surface area (Å²) in [6.07, 6.45) is -3.67. The molecule has 15 nitrogen and oxygen atoms in total. The van der Waals surface area contributed by atoms with E-state index in [-0.39, 0.29) is 44.7 Å². The van der Waals surface area contributed by atoms with Crippen molar-refractivity contribution < 1.29 is 66.6 Å². The number of nitrogens with one attached hydrogen (secondary N) is 1. The van der Waals surface area contributed by atoms with Crippen LogP contribution >= 0.6 is 11.6 Å². The van der Waals surface area contributed by atoms with E-state index in [4.69, 9.17) is 54.2 Å². The van der Waals surface area contributed by atoms with Gasteiger partial charge in [-0.05, 0) is 57.6 Å². The molecular formula is C45H36ClNO14. The Labute approximate surface area is 353 Å². The summed E-state index contributed by atoms with van der Waals surface area (Å²) in [4.78, 5) is 66.8. The minimum atomic E-state index is -1.24. The molecule has 1 fully saturated rings. The van der Waals surface area contributed by atoms with Gasteiger partial charge in [0.25, 0.3) is 0 Å². The van der Waals surface area contributed by atoms with Gasteiger partial charge in [0.05, 0.1) is 18.6 Å². The Bertz CT molecular complexity index is 2350. The van der Waals surface area contributed by atoms with Gasteiger partial charge in [0.1, 0.15) is 25.7 Å². The number of rotatable bonds is 12. The molecule has 8 rings (SSSR count). The largest absolute Gasteiger partial charge is 0.514 e. The fraction of sp³-hybridized carbons (Fsp3) is 0.222. The summed E-state index contributed by atoms with van der Waals surface area (Å²) in [6, 6.07) is 31.8. The minimum absolute atomic E-state index is 0.0695. The highest BCUT2D eigenvalue weighted by Gasteiger charge is 2.53. The fourth-order valence-corrected chi connectivity index (χ4v) is 7.57. The summed E-state index contributed by atoms with van der Waals surface area (Å²) >= 11 is 5.92. The number of hydrogen-bond acceptors (Lipinski definition) is 14. The van der Waals surface area contributed by atoms with Gasteiger partial charge in [-0.1, -0.05) is 91.0 Å². The lowest BCUT2D eigenvalue weighted by Gasteiger charge is -2.39. The van der Waals surface area contributed by atoms with Crippen molar-refractivity contribution in [2.24, 2.45) is 11.8 Å². The van der Waals surface area contributed by atoms with Crippen LogP contribution in [0.1, 0.15) is 45.3 Å². The van der Waals surface area contributed by atoms with Crippen LogP contribution in [-0.2, 0) is 48.4 Å². The zero-order valence-corrected chi connectivity index (χ0v) is 32.9. The van der Waals surface area contributed by atoms with Gasteiger partial charge in [-0.25, -0.2) is 14.4 Å². The lowest BCUT2D eigenvalue weighted by molar-refractivity contribution is -0.141. The van der Waals surface area contributed by atoms with Gasteiger partial charge in [0.2, 0.25) is 18.4 Å². The van der Waals surface area contributed by atoms with E-state index in [1.54, 1.807) is 103 Å². The zero-order valence-electron chi connectivity index (χ0n) is 32.1. The van der Waals surface area contributed by atoms with Crippen LogP contribution in [0.15, 0.2) is 115 Å². The van der Waals surface area contributed by atoms with E-state index in [1.165, 1.54) is 12.1 Å². The minimum Gasteiger partial charge on any atom is -0.465 e. The molecule has 2 aliphatic heterocycles. The molecule has 0 spiro atoms. The molecule has 5 aromatic carbocycles. The molecule has 0 bridgehead atoms. The third-order valence-corrected chi connectivity index (χ3v) is 10.4. The highest BCUT2D eigenvalue weighted by Crippen LogP contribution is 2.56. The zero-order chi connectivity index (χ0) is 42.3. The van der Waals surface area contributed by atoms with Crippen molar-refractivity contribution in [2.45, 2.75) is 31.8 Å². The summed E-state index contributed by atoms with van der Waals surface area (Å²) in [6.45, 7) is -0.699. The smallest absolute Gasteiger partial charge is 0.465 e. The molecule has 0 radical (unpaired) electrons. The molecule has 1 N–H and O–H groups in total. The van der Waals surface area contributed by atoms with Crippen molar-refractivity contribution in [2.75, 3.05) is 19.3 Å². The molecule has 0 aromatic heterocycles. The van der Waals surface area contributed by atoms with E-state index >= 15 is 0 Å². The van der Waals surface area contributed by atoms with Crippen LogP contribution in [0.4, 0.5) is 14.4 Å². The van der Waals surface area contributed by atoms with E-state index in [0.29, 0.717) is 39.3 Å². The van der Waals surface area contributed by atoms with Crippen LogP contribution in [0.2, 0.25) is 0 Å². The molecule has 5 aromatic rings. The lowest BCUT2D eigenvalue weighted by atomic mass is 9.65. The SMILES string of the molecule is O=C(CCl)NC1c2cc3c(cc2C(c2cc(OC(=O)OCc4ccccc4)c(OC(=O)OCc4ccccc4)c(OC(=O)OCc4ccccc4)c2)C2C(=O)OCC12)OCO3. The molecule has 3 aliphatic rings. The van der Waals surface area contributed by atoms with E-state index in [1.807, 2.05) is 0 Å². The second-order valence-corrected chi connectivity index (χ2v) is 14.3. The monoisotopic (exact) mass is 849 g/mol. The predicted octanol–water partition coefficient (Wildman–Crippen LogP) is 7.89.